The molecule has 0 spiro atoms. The Morgan fingerprint density at radius 1 is 1.06 bits per heavy atom. The van der Waals surface area contributed by atoms with Gasteiger partial charge in [-0.25, -0.2) is 4.98 Å². The van der Waals surface area contributed by atoms with Gasteiger partial charge in [0.1, 0.15) is 11.3 Å². The second kappa shape index (κ2) is 9.69. The topological polar surface area (TPSA) is 64.4 Å². The molecule has 0 unspecified atom stereocenters. The highest BCUT2D eigenvalue weighted by molar-refractivity contribution is 6.04. The molecule has 5 heteroatoms. The van der Waals surface area contributed by atoms with Crippen LogP contribution in [0.3, 0.4) is 0 Å². The summed E-state index contributed by atoms with van der Waals surface area (Å²) in [7, 11) is 0. The van der Waals surface area contributed by atoms with E-state index in [4.69, 9.17) is 9.15 Å². The average Bonchev–Trinajstić information content (AvgIpc) is 3.26. The number of oxazole rings is 1. The lowest BCUT2D eigenvalue weighted by Crippen LogP contribution is -2.12. The van der Waals surface area contributed by atoms with Crippen LogP contribution >= 0.6 is 0 Å². The SMILES string of the molecule is CCCOc1cccc(C(=O)Nc2ccc(-c3nc4cc([C@H](C)CC)ccc4o3)cc2)c1. The summed E-state index contributed by atoms with van der Waals surface area (Å²) < 4.78 is 11.6. The molecule has 4 rings (SSSR count). The number of amides is 1. The van der Waals surface area contributed by atoms with Crippen molar-refractivity contribution in [2.75, 3.05) is 11.9 Å². The lowest BCUT2D eigenvalue weighted by Gasteiger charge is -2.08. The van der Waals surface area contributed by atoms with Crippen LogP contribution in [0.1, 0.15) is 55.5 Å². The van der Waals surface area contributed by atoms with Crippen LogP contribution in [0, 0.1) is 0 Å². The molecule has 3 aromatic carbocycles. The number of rotatable bonds is 8. The van der Waals surface area contributed by atoms with E-state index in [1.807, 2.05) is 49.4 Å². The van der Waals surface area contributed by atoms with Gasteiger partial charge in [0.25, 0.3) is 5.91 Å². The minimum atomic E-state index is -0.181. The summed E-state index contributed by atoms with van der Waals surface area (Å²) in [6.45, 7) is 7.07. The van der Waals surface area contributed by atoms with Crippen LogP contribution in [0.15, 0.2) is 71.1 Å². The van der Waals surface area contributed by atoms with E-state index in [2.05, 4.69) is 36.3 Å². The van der Waals surface area contributed by atoms with E-state index in [9.17, 15) is 4.79 Å². The zero-order valence-corrected chi connectivity index (χ0v) is 18.7. The van der Waals surface area contributed by atoms with Crippen LogP contribution in [-0.4, -0.2) is 17.5 Å². The van der Waals surface area contributed by atoms with Crippen molar-refractivity contribution in [2.45, 2.75) is 39.5 Å². The predicted octanol–water partition coefficient (Wildman–Crippen LogP) is 7.05. The summed E-state index contributed by atoms with van der Waals surface area (Å²) in [5.74, 6) is 1.57. The van der Waals surface area contributed by atoms with Gasteiger partial charge in [-0.05, 0) is 78.9 Å². The molecule has 0 bridgehead atoms. The predicted molar refractivity (Wildman–Crippen MR) is 128 cm³/mol. The van der Waals surface area contributed by atoms with E-state index in [0.29, 0.717) is 35.4 Å². The summed E-state index contributed by atoms with van der Waals surface area (Å²) in [6, 6.07) is 20.9. The van der Waals surface area contributed by atoms with Gasteiger partial charge < -0.3 is 14.5 Å². The van der Waals surface area contributed by atoms with Crippen molar-refractivity contribution < 1.29 is 13.9 Å². The number of fused-ring (bicyclic) bond motifs is 1. The van der Waals surface area contributed by atoms with Crippen LogP contribution in [-0.2, 0) is 0 Å². The third-order valence-corrected chi connectivity index (χ3v) is 5.55. The highest BCUT2D eigenvalue weighted by Gasteiger charge is 2.12. The number of nitrogens with one attached hydrogen (secondary N) is 1. The Labute approximate surface area is 188 Å². The van der Waals surface area contributed by atoms with Crippen LogP contribution in [0.2, 0.25) is 0 Å². The fourth-order valence-electron chi connectivity index (χ4n) is 3.46. The molecule has 5 nitrogen and oxygen atoms in total. The Kier molecular flexibility index (Phi) is 6.55. The van der Waals surface area contributed by atoms with Gasteiger partial charge in [-0.3, -0.25) is 4.79 Å². The van der Waals surface area contributed by atoms with Gasteiger partial charge in [-0.1, -0.05) is 32.9 Å². The molecule has 32 heavy (non-hydrogen) atoms. The number of carbonyl (C=O) groups excluding carboxylic acids is 1. The molecule has 0 fully saturated rings. The minimum Gasteiger partial charge on any atom is -0.494 e. The normalized spacial score (nSPS) is 12.0. The Hall–Kier alpha value is -3.60. The molecular formula is C27H28N2O3. The number of nitrogens with zero attached hydrogens (tertiary/aromatic N) is 1. The maximum absolute atomic E-state index is 12.6. The average molecular weight is 429 g/mol. The Bertz CT molecular complexity index is 1210. The molecule has 0 aliphatic rings. The van der Waals surface area contributed by atoms with E-state index in [-0.39, 0.29) is 5.91 Å². The van der Waals surface area contributed by atoms with Gasteiger partial charge in [0.2, 0.25) is 5.89 Å². The highest BCUT2D eigenvalue weighted by Crippen LogP contribution is 2.28. The Morgan fingerprint density at radius 2 is 1.88 bits per heavy atom. The van der Waals surface area contributed by atoms with Crippen molar-refractivity contribution in [1.29, 1.82) is 0 Å². The van der Waals surface area contributed by atoms with Gasteiger partial charge in [0.05, 0.1) is 6.61 Å². The third-order valence-electron chi connectivity index (χ3n) is 5.55. The number of benzene rings is 3. The first-order valence-electron chi connectivity index (χ1n) is 11.1. The molecule has 0 saturated heterocycles. The number of ether oxygens (including phenoxy) is 1. The van der Waals surface area contributed by atoms with E-state index in [1.165, 1.54) is 5.56 Å². The molecule has 1 amide bonds. The van der Waals surface area contributed by atoms with Crippen LogP contribution < -0.4 is 10.1 Å². The first-order valence-corrected chi connectivity index (χ1v) is 11.1. The molecular weight excluding hydrogens is 400 g/mol. The van der Waals surface area contributed by atoms with E-state index in [0.717, 1.165) is 29.5 Å². The molecule has 0 saturated carbocycles. The highest BCUT2D eigenvalue weighted by atomic mass is 16.5. The lowest BCUT2D eigenvalue weighted by atomic mass is 9.98. The zero-order valence-electron chi connectivity index (χ0n) is 18.7. The first kappa shape index (κ1) is 21.6. The summed E-state index contributed by atoms with van der Waals surface area (Å²) in [4.78, 5) is 17.3. The fourth-order valence-corrected chi connectivity index (χ4v) is 3.46. The van der Waals surface area contributed by atoms with Gasteiger partial charge in [0.15, 0.2) is 5.58 Å². The smallest absolute Gasteiger partial charge is 0.255 e. The summed E-state index contributed by atoms with van der Waals surface area (Å²) >= 11 is 0. The maximum Gasteiger partial charge on any atom is 0.255 e. The Morgan fingerprint density at radius 3 is 2.62 bits per heavy atom. The standard InChI is InChI=1S/C27H28N2O3/c1-4-15-31-23-8-6-7-21(16-23)26(30)28-22-12-9-19(10-13-22)27-29-24-17-20(18(3)5-2)11-14-25(24)32-27/h6-14,16-18H,4-5,15H2,1-3H3,(H,28,30)/t18-/m1/s1. The van der Waals surface area contributed by atoms with Crippen molar-refractivity contribution in [3.05, 3.63) is 77.9 Å². The monoisotopic (exact) mass is 428 g/mol. The van der Waals surface area contributed by atoms with E-state index < -0.39 is 0 Å². The number of hydrogen-bond acceptors (Lipinski definition) is 4. The first-order chi connectivity index (χ1) is 15.6. The largest absolute Gasteiger partial charge is 0.494 e. The van der Waals surface area contributed by atoms with Crippen LogP contribution in [0.4, 0.5) is 5.69 Å². The van der Waals surface area contributed by atoms with Gasteiger partial charge in [-0.15, -0.1) is 0 Å². The Balaban J connectivity index is 1.48. The molecule has 1 atom stereocenters. The van der Waals surface area contributed by atoms with Crippen LogP contribution in [0.25, 0.3) is 22.6 Å². The fraction of sp³-hybridized carbons (Fsp3) is 0.259. The molecule has 0 radical (unpaired) electrons. The summed E-state index contributed by atoms with van der Waals surface area (Å²) in [5.41, 5.74) is 5.02. The molecule has 1 heterocycles. The van der Waals surface area contributed by atoms with Gasteiger partial charge in [-0.2, -0.15) is 0 Å². The second-order valence-corrected chi connectivity index (χ2v) is 7.96. The minimum absolute atomic E-state index is 0.181. The zero-order chi connectivity index (χ0) is 22.5. The van der Waals surface area contributed by atoms with Gasteiger partial charge >= 0.3 is 0 Å². The van der Waals surface area contributed by atoms with Crippen molar-refractivity contribution >= 4 is 22.7 Å². The summed E-state index contributed by atoms with van der Waals surface area (Å²) in [5, 5.41) is 2.93. The maximum atomic E-state index is 12.6. The number of anilines is 1. The number of carbonyl (C=O) groups is 1. The molecule has 0 aliphatic carbocycles. The number of hydrogen-bond donors (Lipinski definition) is 1. The molecule has 164 valence electrons. The molecule has 4 aromatic rings. The molecule has 0 aliphatic heterocycles. The number of aromatic nitrogens is 1. The van der Waals surface area contributed by atoms with Crippen molar-refractivity contribution in [3.63, 3.8) is 0 Å². The van der Waals surface area contributed by atoms with Crippen molar-refractivity contribution in [2.24, 2.45) is 0 Å². The third kappa shape index (κ3) is 4.83. The van der Waals surface area contributed by atoms with E-state index >= 15 is 0 Å². The second-order valence-electron chi connectivity index (χ2n) is 7.96. The molecule has 1 N–H and O–H groups in total. The summed E-state index contributed by atoms with van der Waals surface area (Å²) in [6.07, 6.45) is 2.00. The molecule has 1 aromatic heterocycles. The van der Waals surface area contributed by atoms with Crippen molar-refractivity contribution in [1.82, 2.24) is 4.98 Å². The van der Waals surface area contributed by atoms with Crippen molar-refractivity contribution in [3.8, 4) is 17.2 Å². The van der Waals surface area contributed by atoms with Gasteiger partial charge in [0, 0.05) is 16.8 Å². The van der Waals surface area contributed by atoms with E-state index in [1.54, 1.807) is 12.1 Å². The quantitative estimate of drug-likeness (QED) is 0.327. The lowest BCUT2D eigenvalue weighted by molar-refractivity contribution is 0.102. The van der Waals surface area contributed by atoms with Crippen LogP contribution in [0.5, 0.6) is 5.75 Å².